The van der Waals surface area contributed by atoms with Crippen LogP contribution in [-0.2, 0) is 9.53 Å². The third-order valence-electron chi connectivity index (χ3n) is 5.28. The Morgan fingerprint density at radius 3 is 2.62 bits per heavy atom. The van der Waals surface area contributed by atoms with E-state index in [1.165, 1.54) is 11.1 Å². The number of rotatable bonds is 11. The van der Waals surface area contributed by atoms with Crippen molar-refractivity contribution in [3.8, 4) is 0 Å². The van der Waals surface area contributed by atoms with E-state index in [0.717, 1.165) is 17.6 Å². The first kappa shape index (κ1) is 27.2. The second kappa shape index (κ2) is 13.5. The number of hydrogen-bond donors (Lipinski definition) is 3. The fourth-order valence-electron chi connectivity index (χ4n) is 3.31. The van der Waals surface area contributed by atoms with Gasteiger partial charge in [-0.25, -0.2) is 0 Å². The Kier molecular flexibility index (Phi) is 11.5. The molecule has 0 heterocycles. The van der Waals surface area contributed by atoms with Crippen molar-refractivity contribution in [2.45, 2.75) is 59.9 Å². The highest BCUT2D eigenvalue weighted by Crippen LogP contribution is 2.37. The Balaban J connectivity index is 2.49. The number of ether oxygens (including phenoxy) is 1. The van der Waals surface area contributed by atoms with Crippen molar-refractivity contribution in [2.24, 2.45) is 27.6 Å². The Labute approximate surface area is 193 Å². The molecule has 0 saturated carbocycles. The first-order valence-electron chi connectivity index (χ1n) is 11.1. The van der Waals surface area contributed by atoms with Gasteiger partial charge in [-0.2, -0.15) is 0 Å². The molecule has 0 spiro atoms. The van der Waals surface area contributed by atoms with Crippen molar-refractivity contribution in [1.82, 2.24) is 0 Å². The molecule has 1 rings (SSSR count). The van der Waals surface area contributed by atoms with Crippen LogP contribution in [0.3, 0.4) is 0 Å². The zero-order valence-electron chi connectivity index (χ0n) is 20.2. The van der Waals surface area contributed by atoms with Crippen molar-refractivity contribution < 1.29 is 9.53 Å². The number of aliphatic imine (C=N–C) groups is 1. The summed E-state index contributed by atoms with van der Waals surface area (Å²) in [7, 11) is 0. The minimum Gasteiger partial charge on any atom is -0.460 e. The van der Waals surface area contributed by atoms with Gasteiger partial charge in [0.1, 0.15) is 12.6 Å². The first-order chi connectivity index (χ1) is 15.0. The second-order valence-electron chi connectivity index (χ2n) is 8.82. The maximum Gasteiger partial charge on any atom is 0.323 e. The van der Waals surface area contributed by atoms with Crippen LogP contribution in [0, 0.1) is 5.41 Å². The average molecular weight is 441 g/mol. The van der Waals surface area contributed by atoms with Gasteiger partial charge in [0.15, 0.2) is 5.96 Å². The third kappa shape index (κ3) is 10.4. The topological polar surface area (TPSA) is 117 Å². The van der Waals surface area contributed by atoms with Gasteiger partial charge in [-0.05, 0) is 62.7 Å². The van der Waals surface area contributed by atoms with Gasteiger partial charge in [-0.1, -0.05) is 67.5 Å². The van der Waals surface area contributed by atoms with Crippen molar-refractivity contribution in [3.63, 3.8) is 0 Å². The molecule has 0 aliphatic heterocycles. The summed E-state index contributed by atoms with van der Waals surface area (Å²) in [6, 6.07) is -0.672. The summed E-state index contributed by atoms with van der Waals surface area (Å²) in [5.74, 6) is -0.386. The number of esters is 1. The molecule has 0 aromatic rings. The van der Waals surface area contributed by atoms with Crippen LogP contribution in [0.4, 0.5) is 0 Å². The molecule has 0 fully saturated rings. The molecule has 6 N–H and O–H groups in total. The Morgan fingerprint density at radius 1 is 1.25 bits per heavy atom. The molecule has 0 bridgehead atoms. The Morgan fingerprint density at radius 2 is 1.97 bits per heavy atom. The van der Waals surface area contributed by atoms with Gasteiger partial charge in [-0.3, -0.25) is 9.79 Å². The molecule has 1 aliphatic rings. The summed E-state index contributed by atoms with van der Waals surface area (Å²) in [4.78, 5) is 15.8. The lowest BCUT2D eigenvalue weighted by atomic mass is 9.75. The summed E-state index contributed by atoms with van der Waals surface area (Å²) in [5, 5.41) is 0. The van der Waals surface area contributed by atoms with E-state index in [2.05, 4.69) is 63.1 Å². The van der Waals surface area contributed by atoms with E-state index in [1.807, 2.05) is 25.2 Å². The number of nitrogens with zero attached hydrogens (tertiary/aromatic N) is 1. The fourth-order valence-corrected chi connectivity index (χ4v) is 3.31. The molecule has 1 aliphatic carbocycles. The molecule has 6 heteroatoms. The lowest BCUT2D eigenvalue weighted by molar-refractivity contribution is -0.144. The number of carbonyl (C=O) groups excluding carboxylic acids is 1. The van der Waals surface area contributed by atoms with E-state index in [1.54, 1.807) is 0 Å². The number of nitrogens with two attached hydrogens (primary N) is 3. The van der Waals surface area contributed by atoms with Gasteiger partial charge >= 0.3 is 5.97 Å². The van der Waals surface area contributed by atoms with E-state index in [0.29, 0.717) is 19.4 Å². The SMILES string of the molecule is CC1=C(/C=C/C(C)=C/C=C/C(C)=C/COC(=O)[C@H](N)CCCN=C(N)N)C(C)(C)CC=C1. The van der Waals surface area contributed by atoms with Gasteiger partial charge < -0.3 is 21.9 Å². The van der Waals surface area contributed by atoms with Gasteiger partial charge in [-0.15, -0.1) is 0 Å². The van der Waals surface area contributed by atoms with Crippen molar-refractivity contribution in [1.29, 1.82) is 0 Å². The van der Waals surface area contributed by atoms with Gasteiger partial charge in [0, 0.05) is 6.54 Å². The van der Waals surface area contributed by atoms with Crippen LogP contribution in [-0.4, -0.2) is 31.1 Å². The molecular weight excluding hydrogens is 400 g/mol. The number of hydrogen-bond acceptors (Lipinski definition) is 4. The molecule has 0 saturated heterocycles. The predicted octanol–water partition coefficient (Wildman–Crippen LogP) is 4.22. The van der Waals surface area contributed by atoms with Crippen LogP contribution >= 0.6 is 0 Å². The maximum atomic E-state index is 11.9. The van der Waals surface area contributed by atoms with Gasteiger partial charge in [0.25, 0.3) is 0 Å². The van der Waals surface area contributed by atoms with Crippen LogP contribution in [0.1, 0.15) is 53.9 Å². The second-order valence-corrected chi connectivity index (χ2v) is 8.82. The van der Waals surface area contributed by atoms with Crippen LogP contribution in [0.25, 0.3) is 0 Å². The average Bonchev–Trinajstić information content (AvgIpc) is 2.69. The van der Waals surface area contributed by atoms with E-state index in [-0.39, 0.29) is 18.0 Å². The highest BCUT2D eigenvalue weighted by Gasteiger charge is 2.23. The van der Waals surface area contributed by atoms with Crippen molar-refractivity contribution in [3.05, 3.63) is 70.9 Å². The van der Waals surface area contributed by atoms with E-state index in [4.69, 9.17) is 21.9 Å². The zero-order chi connectivity index (χ0) is 24.1. The molecule has 0 radical (unpaired) electrons. The highest BCUT2D eigenvalue weighted by molar-refractivity contribution is 5.76. The number of carbonyl (C=O) groups is 1. The van der Waals surface area contributed by atoms with Crippen LogP contribution in [0.15, 0.2) is 75.9 Å². The molecule has 0 aromatic carbocycles. The standard InChI is InChI=1S/C26H40N4O2/c1-19(13-14-22-21(3)11-7-16-26(22,4)5)9-6-10-20(2)15-18-32-24(31)23(27)12-8-17-30-25(28)29/h6-7,9-11,13-15,23H,8,12,16-18,27H2,1-5H3,(H4,28,29,30)/b10-6+,14-13+,19-9+,20-15+/t23-/m1/s1. The minimum absolute atomic E-state index is 0.0361. The lowest BCUT2D eigenvalue weighted by Gasteiger charge is -2.29. The largest absolute Gasteiger partial charge is 0.460 e. The van der Waals surface area contributed by atoms with Crippen LogP contribution in [0.2, 0.25) is 0 Å². The summed E-state index contributed by atoms with van der Waals surface area (Å²) in [6.07, 6.45) is 18.9. The number of allylic oxidation sites excluding steroid dienone is 11. The maximum absolute atomic E-state index is 11.9. The smallest absolute Gasteiger partial charge is 0.323 e. The van der Waals surface area contributed by atoms with E-state index < -0.39 is 12.0 Å². The van der Waals surface area contributed by atoms with Crippen molar-refractivity contribution >= 4 is 11.9 Å². The van der Waals surface area contributed by atoms with E-state index in [9.17, 15) is 4.79 Å². The number of guanidine groups is 1. The first-order valence-corrected chi connectivity index (χ1v) is 11.1. The summed E-state index contributed by atoms with van der Waals surface area (Å²) in [5.41, 5.74) is 21.4. The van der Waals surface area contributed by atoms with Crippen LogP contribution in [0.5, 0.6) is 0 Å². The molecule has 0 aromatic heterocycles. The summed E-state index contributed by atoms with van der Waals surface area (Å²) < 4.78 is 5.22. The predicted molar refractivity (Wildman–Crippen MR) is 135 cm³/mol. The van der Waals surface area contributed by atoms with Crippen LogP contribution < -0.4 is 17.2 Å². The zero-order valence-corrected chi connectivity index (χ0v) is 20.2. The monoisotopic (exact) mass is 440 g/mol. The molecule has 1 atom stereocenters. The third-order valence-corrected chi connectivity index (χ3v) is 5.28. The Bertz CT molecular complexity index is 851. The lowest BCUT2D eigenvalue weighted by Crippen LogP contribution is -2.32. The van der Waals surface area contributed by atoms with Crippen molar-refractivity contribution in [2.75, 3.05) is 13.2 Å². The molecule has 0 amide bonds. The summed E-state index contributed by atoms with van der Waals surface area (Å²) >= 11 is 0. The highest BCUT2D eigenvalue weighted by atomic mass is 16.5. The minimum atomic E-state index is -0.672. The summed E-state index contributed by atoms with van der Waals surface area (Å²) in [6.45, 7) is 11.4. The fraction of sp³-hybridized carbons (Fsp3) is 0.462. The van der Waals surface area contributed by atoms with E-state index >= 15 is 0 Å². The molecule has 176 valence electrons. The molecule has 0 unspecified atom stereocenters. The molecule has 32 heavy (non-hydrogen) atoms. The quantitative estimate of drug-likeness (QED) is 0.146. The van der Waals surface area contributed by atoms with Gasteiger partial charge in [0.05, 0.1) is 0 Å². The molecular formula is C26H40N4O2. The normalized spacial score (nSPS) is 17.8. The Hall–Kier alpha value is -2.86. The molecule has 6 nitrogen and oxygen atoms in total. The van der Waals surface area contributed by atoms with Gasteiger partial charge in [0.2, 0.25) is 0 Å².